The standard InChI is InChI=1S/C79H53NS/c1-80-77-71(68-39-20-18-37-66(68)64-35-16-14-33-62(64)60-47-56(52-25-6-2-7-26-52)45-57(48-60)53-27-8-3-9-28-53)42-24-43-72(77)76-78(80)73(51-74-70-41-22-23-44-75(70)81-79(74)76)69-40-21-19-38-67(69)65-36-17-15-34-63(65)61-49-58(54-29-10-4-11-30-54)46-59(50-61)55-31-12-5-13-32-55/h2-51H,1H3. The van der Waals surface area contributed by atoms with Gasteiger partial charge in [0.05, 0.1) is 11.0 Å². The molecule has 0 amide bonds. The van der Waals surface area contributed by atoms with Gasteiger partial charge in [-0.25, -0.2) is 0 Å². The summed E-state index contributed by atoms with van der Waals surface area (Å²) >= 11 is 1.91. The van der Waals surface area contributed by atoms with Gasteiger partial charge < -0.3 is 4.57 Å². The van der Waals surface area contributed by atoms with Crippen LogP contribution >= 0.6 is 11.3 Å². The largest absolute Gasteiger partial charge is 0.343 e. The first-order valence-corrected chi connectivity index (χ1v) is 28.7. The number of hydrogen-bond acceptors (Lipinski definition) is 1. The van der Waals surface area contributed by atoms with E-state index in [4.69, 9.17) is 0 Å². The second-order valence-corrected chi connectivity index (χ2v) is 22.2. The van der Waals surface area contributed by atoms with Crippen LogP contribution in [0.2, 0.25) is 0 Å². The second-order valence-electron chi connectivity index (χ2n) is 21.1. The first-order chi connectivity index (χ1) is 40.1. The van der Waals surface area contributed by atoms with Crippen molar-refractivity contribution < 1.29 is 0 Å². The van der Waals surface area contributed by atoms with Gasteiger partial charge in [-0.3, -0.25) is 0 Å². The van der Waals surface area contributed by atoms with Crippen LogP contribution in [0.3, 0.4) is 0 Å². The van der Waals surface area contributed by atoms with Gasteiger partial charge in [0.25, 0.3) is 0 Å². The molecule has 15 aromatic rings. The van der Waals surface area contributed by atoms with Gasteiger partial charge in [-0.15, -0.1) is 11.3 Å². The molecular formula is C79H53NS. The van der Waals surface area contributed by atoms with Gasteiger partial charge >= 0.3 is 0 Å². The molecule has 0 spiro atoms. The van der Waals surface area contributed by atoms with Crippen LogP contribution < -0.4 is 0 Å². The van der Waals surface area contributed by atoms with E-state index < -0.39 is 0 Å². The topological polar surface area (TPSA) is 4.93 Å². The lowest BCUT2D eigenvalue weighted by molar-refractivity contribution is 1.02. The number of benzene rings is 13. The van der Waals surface area contributed by atoms with E-state index >= 15 is 0 Å². The van der Waals surface area contributed by atoms with Crippen molar-refractivity contribution in [2.24, 2.45) is 7.05 Å². The van der Waals surface area contributed by atoms with Crippen LogP contribution in [0.25, 0.3) is 153 Å². The Hall–Kier alpha value is -10.1. The predicted octanol–water partition coefficient (Wildman–Crippen LogP) is 22.4. The fourth-order valence-electron chi connectivity index (χ4n) is 12.7. The van der Waals surface area contributed by atoms with Crippen LogP contribution in [0, 0.1) is 0 Å². The predicted molar refractivity (Wildman–Crippen MR) is 348 cm³/mol. The monoisotopic (exact) mass is 1050 g/mol. The number of thiophene rings is 1. The van der Waals surface area contributed by atoms with Gasteiger partial charge in [-0.1, -0.05) is 255 Å². The molecule has 15 rings (SSSR count). The molecular weight excluding hydrogens is 995 g/mol. The molecule has 0 saturated carbocycles. The van der Waals surface area contributed by atoms with Gasteiger partial charge in [0.1, 0.15) is 0 Å². The average molecular weight is 1050 g/mol. The summed E-state index contributed by atoms with van der Waals surface area (Å²) in [5.74, 6) is 0. The Kier molecular flexibility index (Phi) is 12.0. The maximum Gasteiger partial charge on any atom is 0.0583 e. The highest BCUT2D eigenvalue weighted by atomic mass is 32.1. The second kappa shape index (κ2) is 20.3. The molecule has 0 unspecified atom stereocenters. The summed E-state index contributed by atoms with van der Waals surface area (Å²) < 4.78 is 5.11. The Bertz CT molecular complexity index is 4740. The van der Waals surface area contributed by atoms with Gasteiger partial charge in [0.15, 0.2) is 0 Å². The zero-order valence-corrected chi connectivity index (χ0v) is 45.5. The molecule has 2 aromatic heterocycles. The third kappa shape index (κ3) is 8.48. The van der Waals surface area contributed by atoms with Crippen LogP contribution in [0.1, 0.15) is 0 Å². The Morgan fingerprint density at radius 3 is 0.988 bits per heavy atom. The fourth-order valence-corrected chi connectivity index (χ4v) is 13.9. The van der Waals surface area contributed by atoms with Crippen molar-refractivity contribution in [1.82, 2.24) is 4.57 Å². The quantitative estimate of drug-likeness (QED) is 0.129. The van der Waals surface area contributed by atoms with Crippen LogP contribution in [0.4, 0.5) is 0 Å². The molecule has 2 heterocycles. The number of aromatic nitrogens is 1. The maximum atomic E-state index is 2.51. The number of nitrogens with zero attached hydrogens (tertiary/aromatic N) is 1. The number of fused-ring (bicyclic) bond motifs is 7. The number of rotatable bonds is 10. The molecule has 2 heteroatoms. The van der Waals surface area contributed by atoms with Crippen LogP contribution in [-0.2, 0) is 7.05 Å². The minimum atomic E-state index is 1.18. The maximum absolute atomic E-state index is 2.51. The lowest BCUT2D eigenvalue weighted by Gasteiger charge is -2.18. The lowest BCUT2D eigenvalue weighted by atomic mass is 9.86. The Labute approximate surface area is 476 Å². The molecule has 0 aliphatic rings. The van der Waals surface area contributed by atoms with Crippen molar-refractivity contribution in [3.05, 3.63) is 303 Å². The van der Waals surface area contributed by atoms with E-state index in [2.05, 4.69) is 315 Å². The minimum absolute atomic E-state index is 1.18. The highest BCUT2D eigenvalue weighted by molar-refractivity contribution is 7.26. The van der Waals surface area contributed by atoms with E-state index in [0.29, 0.717) is 0 Å². The van der Waals surface area contributed by atoms with Gasteiger partial charge in [-0.2, -0.15) is 0 Å². The van der Waals surface area contributed by atoms with Crippen molar-refractivity contribution in [2.75, 3.05) is 0 Å². The van der Waals surface area contributed by atoms with Crippen LogP contribution in [0.15, 0.2) is 303 Å². The third-order valence-corrected chi connectivity index (χ3v) is 17.6. The van der Waals surface area contributed by atoms with Gasteiger partial charge in [0, 0.05) is 49.1 Å². The van der Waals surface area contributed by atoms with E-state index in [1.165, 1.54) is 153 Å². The summed E-state index contributed by atoms with van der Waals surface area (Å²) in [6.45, 7) is 0. The SMILES string of the molecule is Cn1c2c(-c3ccccc3-c3ccccc3-c3cc(-c4ccccc4)cc(-c4ccccc4)c3)cccc2c2c3sc4ccccc4c3cc(-c3ccccc3-c3ccccc3-c3cc(-c4ccccc4)cc(-c4ccccc4)c3)c21. The van der Waals surface area contributed by atoms with E-state index in [-0.39, 0.29) is 0 Å². The molecule has 0 bridgehead atoms. The number of aryl methyl sites for hydroxylation is 1. The molecule has 0 fully saturated rings. The van der Waals surface area contributed by atoms with Crippen molar-refractivity contribution in [3.8, 4) is 111 Å². The van der Waals surface area contributed by atoms with Gasteiger partial charge in [-0.05, 0) is 149 Å². The average Bonchev–Trinajstić information content (AvgIpc) is 4.27. The van der Waals surface area contributed by atoms with Crippen molar-refractivity contribution in [3.63, 3.8) is 0 Å². The summed E-state index contributed by atoms with van der Waals surface area (Å²) in [6.07, 6.45) is 0. The van der Waals surface area contributed by atoms with E-state index in [0.717, 1.165) is 0 Å². The summed E-state index contributed by atoms with van der Waals surface area (Å²) in [5, 5.41) is 5.10. The first kappa shape index (κ1) is 48.0. The summed E-state index contributed by atoms with van der Waals surface area (Å²) in [7, 11) is 2.30. The number of hydrogen-bond donors (Lipinski definition) is 0. The Balaban J connectivity index is 0.945. The molecule has 1 nitrogen and oxygen atoms in total. The first-order valence-electron chi connectivity index (χ1n) is 27.9. The van der Waals surface area contributed by atoms with Crippen molar-refractivity contribution in [2.45, 2.75) is 0 Å². The van der Waals surface area contributed by atoms with Crippen LogP contribution in [0.5, 0.6) is 0 Å². The molecule has 0 saturated heterocycles. The third-order valence-electron chi connectivity index (χ3n) is 16.4. The Morgan fingerprint density at radius 2 is 0.543 bits per heavy atom. The molecule has 0 radical (unpaired) electrons. The molecule has 0 atom stereocenters. The van der Waals surface area contributed by atoms with E-state index in [1.807, 2.05) is 11.3 Å². The summed E-state index contributed by atoms with van der Waals surface area (Å²) in [4.78, 5) is 0. The molecule has 0 aliphatic carbocycles. The lowest BCUT2D eigenvalue weighted by Crippen LogP contribution is -1.95. The highest BCUT2D eigenvalue weighted by Gasteiger charge is 2.25. The number of para-hydroxylation sites is 1. The molecule has 0 aliphatic heterocycles. The smallest absolute Gasteiger partial charge is 0.0583 e. The molecule has 81 heavy (non-hydrogen) atoms. The zero-order valence-electron chi connectivity index (χ0n) is 44.7. The Morgan fingerprint density at radius 1 is 0.222 bits per heavy atom. The fraction of sp³-hybridized carbons (Fsp3) is 0.0127. The van der Waals surface area contributed by atoms with Crippen molar-refractivity contribution >= 4 is 53.3 Å². The molecule has 13 aromatic carbocycles. The zero-order chi connectivity index (χ0) is 53.8. The van der Waals surface area contributed by atoms with Gasteiger partial charge in [0.2, 0.25) is 0 Å². The van der Waals surface area contributed by atoms with E-state index in [9.17, 15) is 0 Å². The molecule has 380 valence electrons. The summed E-state index contributed by atoms with van der Waals surface area (Å²) in [6, 6.07) is 112. The summed E-state index contributed by atoms with van der Waals surface area (Å²) in [5.41, 5.74) is 26.3. The van der Waals surface area contributed by atoms with Crippen molar-refractivity contribution in [1.29, 1.82) is 0 Å². The van der Waals surface area contributed by atoms with Crippen LogP contribution in [-0.4, -0.2) is 4.57 Å². The van der Waals surface area contributed by atoms with E-state index in [1.54, 1.807) is 0 Å². The minimum Gasteiger partial charge on any atom is -0.343 e. The highest BCUT2D eigenvalue weighted by Crippen LogP contribution is 2.51. The normalized spacial score (nSPS) is 11.5. The molecule has 0 N–H and O–H groups in total.